The van der Waals surface area contributed by atoms with Gasteiger partial charge in [0.1, 0.15) is 0 Å². The minimum absolute atomic E-state index is 0. The molecule has 0 saturated carbocycles. The van der Waals surface area contributed by atoms with Crippen molar-refractivity contribution in [2.24, 2.45) is 0 Å². The van der Waals surface area contributed by atoms with Gasteiger partial charge in [-0.3, -0.25) is 4.90 Å². The normalized spacial score (nSPS) is 11.3. The van der Waals surface area contributed by atoms with Gasteiger partial charge >= 0.3 is 0 Å². The molecule has 8 nitrogen and oxygen atoms in total. The first-order valence-electron chi connectivity index (χ1n) is 31.1. The third-order valence-corrected chi connectivity index (χ3v) is 13.6. The maximum Gasteiger partial charge on any atom is 0.0780 e. The van der Waals surface area contributed by atoms with Gasteiger partial charge in [-0.15, -0.1) is 0 Å². The largest absolute Gasteiger partial charge is 1.00 e. The molecule has 0 aliphatic heterocycles. The standard InChI is InChI=1S/2C19H42N.C18H36O2.C6H15NO3.BrH/c2*1-5-6-7-8-9-10-11-12-13-14-15-16-17-18-19-20(2,3)4;1-2-3-4-5-6-7-8-9-10-11-12-13-14-15-16-17-18(19)20;8-4-1-7(2-5-9)3-6-10;/h2*5-19H2,1-4H3;2-17H2,1H3,(H,19,20);8-10H,1-6H2;1H/q2*+1;;;/p-2. The second-order valence-corrected chi connectivity index (χ2v) is 23.3. The summed E-state index contributed by atoms with van der Waals surface area (Å²) in [4.78, 5) is 12.0. The molecule has 0 unspecified atom stereocenters. The molecule has 71 heavy (non-hydrogen) atoms. The van der Waals surface area contributed by atoms with E-state index in [4.69, 9.17) is 15.3 Å². The van der Waals surface area contributed by atoms with Gasteiger partial charge in [0.25, 0.3) is 0 Å². The Hall–Kier alpha value is -0.290. The molecule has 0 rings (SSSR count). The molecule has 0 bridgehead atoms. The number of rotatable bonds is 52. The molecule has 3 N–H and O–H groups in total. The van der Waals surface area contributed by atoms with Crippen molar-refractivity contribution in [3.63, 3.8) is 0 Å². The van der Waals surface area contributed by atoms with E-state index in [2.05, 4.69) is 63.1 Å². The summed E-state index contributed by atoms with van der Waals surface area (Å²) >= 11 is 0. The molecule has 0 radical (unpaired) electrons. The molecule has 0 heterocycles. The van der Waals surface area contributed by atoms with Gasteiger partial charge in [-0.25, -0.2) is 0 Å². The molecular weight excluding hydrogens is 947 g/mol. The Kier molecular flexibility index (Phi) is 75.9. The molecule has 434 valence electrons. The van der Waals surface area contributed by atoms with Gasteiger partial charge in [0.2, 0.25) is 0 Å². The van der Waals surface area contributed by atoms with Crippen LogP contribution in [0, 0.1) is 0 Å². The highest BCUT2D eigenvalue weighted by molar-refractivity contribution is 5.64. The summed E-state index contributed by atoms with van der Waals surface area (Å²) in [6, 6.07) is 0. The van der Waals surface area contributed by atoms with Crippen molar-refractivity contribution in [1.82, 2.24) is 4.90 Å². The fourth-order valence-corrected chi connectivity index (χ4v) is 8.96. The SMILES string of the molecule is CCCCCCCCCCCCCCCCCC(=O)[O-].CCCCCCCCCCCCCCCC[N+](C)(C)C.CCCCCCCCCCCCCCCC[N+](C)(C)C.OCCN(CCO)CCO.[Br-]. The van der Waals surface area contributed by atoms with E-state index in [9.17, 15) is 9.90 Å². The van der Waals surface area contributed by atoms with Gasteiger partial charge in [-0.2, -0.15) is 0 Å². The Balaban J connectivity index is -0.000000278. The summed E-state index contributed by atoms with van der Waals surface area (Å²) in [5, 5.41) is 35.7. The Bertz CT molecular complexity index is 876. The fraction of sp³-hybridized carbons (Fsp3) is 0.984. The van der Waals surface area contributed by atoms with E-state index in [-0.39, 0.29) is 43.2 Å². The number of unbranched alkanes of at least 4 members (excludes halogenated alkanes) is 40. The van der Waals surface area contributed by atoms with Crippen LogP contribution in [0.1, 0.15) is 303 Å². The number of nitrogens with zero attached hydrogens (tertiary/aromatic N) is 3. The van der Waals surface area contributed by atoms with Crippen molar-refractivity contribution >= 4 is 5.97 Å². The van der Waals surface area contributed by atoms with E-state index < -0.39 is 5.97 Å². The molecule has 9 heteroatoms. The Morgan fingerprint density at radius 1 is 0.324 bits per heavy atom. The van der Waals surface area contributed by atoms with E-state index in [1.165, 1.54) is 276 Å². The summed E-state index contributed by atoms with van der Waals surface area (Å²) in [7, 11) is 13.8. The first-order valence-corrected chi connectivity index (χ1v) is 31.1. The average Bonchev–Trinajstić information content (AvgIpc) is 3.30. The first-order chi connectivity index (χ1) is 33.7. The first kappa shape index (κ1) is 79.6. The second kappa shape index (κ2) is 67.7. The molecule has 0 aromatic rings. The van der Waals surface area contributed by atoms with Crippen LogP contribution in [-0.2, 0) is 4.79 Å². The molecule has 0 aromatic heterocycles. The number of carboxylic acids is 1. The third-order valence-electron chi connectivity index (χ3n) is 13.6. The average molecular weight is 1080 g/mol. The predicted molar refractivity (Wildman–Crippen MR) is 309 cm³/mol. The monoisotopic (exact) mass is 1080 g/mol. The predicted octanol–water partition coefficient (Wildman–Crippen LogP) is 12.6. The lowest BCUT2D eigenvalue weighted by Gasteiger charge is -2.23. The molecule has 0 atom stereocenters. The van der Waals surface area contributed by atoms with Gasteiger partial charge in [0.05, 0.1) is 75.2 Å². The van der Waals surface area contributed by atoms with Crippen LogP contribution in [0.15, 0.2) is 0 Å². The lowest BCUT2D eigenvalue weighted by atomic mass is 10.0. The molecule has 0 aromatic carbocycles. The Morgan fingerprint density at radius 2 is 0.493 bits per heavy atom. The lowest BCUT2D eigenvalue weighted by molar-refractivity contribution is -0.870. The highest BCUT2D eigenvalue weighted by atomic mass is 79.9. The highest BCUT2D eigenvalue weighted by Crippen LogP contribution is 2.16. The molecule has 0 saturated heterocycles. The van der Waals surface area contributed by atoms with Gasteiger partial charge in [0.15, 0.2) is 0 Å². The van der Waals surface area contributed by atoms with Crippen molar-refractivity contribution in [2.45, 2.75) is 303 Å². The number of aliphatic carboxylic acids is 1. The number of hydrogen-bond acceptors (Lipinski definition) is 6. The number of halogens is 1. The van der Waals surface area contributed by atoms with E-state index in [1.807, 2.05) is 0 Å². The van der Waals surface area contributed by atoms with Crippen molar-refractivity contribution in [2.75, 3.05) is 94.8 Å². The van der Waals surface area contributed by atoms with Crippen LogP contribution in [0.5, 0.6) is 0 Å². The maximum absolute atomic E-state index is 10.2. The molecule has 0 amide bonds. The number of aliphatic hydroxyl groups excluding tert-OH is 3. The van der Waals surface area contributed by atoms with Crippen molar-refractivity contribution in [1.29, 1.82) is 0 Å². The smallest absolute Gasteiger partial charge is 0.0780 e. The van der Waals surface area contributed by atoms with E-state index in [0.717, 1.165) is 21.8 Å². The summed E-state index contributed by atoms with van der Waals surface area (Å²) in [6.07, 6.45) is 60.6. The van der Waals surface area contributed by atoms with Crippen LogP contribution in [0.4, 0.5) is 0 Å². The lowest BCUT2D eigenvalue weighted by Crippen LogP contribution is -3.00. The minimum atomic E-state index is -0.903. The zero-order valence-electron chi connectivity index (χ0n) is 50.1. The van der Waals surface area contributed by atoms with Crippen molar-refractivity contribution in [3.8, 4) is 0 Å². The number of hydrogen-bond donors (Lipinski definition) is 3. The van der Waals surface area contributed by atoms with E-state index >= 15 is 0 Å². The molecule has 0 spiro atoms. The van der Waals surface area contributed by atoms with E-state index in [1.54, 1.807) is 4.90 Å². The number of aliphatic hydroxyl groups is 3. The minimum Gasteiger partial charge on any atom is -1.00 e. The highest BCUT2D eigenvalue weighted by Gasteiger charge is 2.06. The fourth-order valence-electron chi connectivity index (χ4n) is 8.96. The summed E-state index contributed by atoms with van der Waals surface area (Å²) < 4.78 is 2.25. The van der Waals surface area contributed by atoms with E-state index in [0.29, 0.717) is 19.6 Å². The molecular formula is C62H134BrN3O5. The van der Waals surface area contributed by atoms with Crippen LogP contribution in [0.3, 0.4) is 0 Å². The summed E-state index contributed by atoms with van der Waals surface area (Å²) in [5.74, 6) is -0.903. The summed E-state index contributed by atoms with van der Waals surface area (Å²) in [6.45, 7) is 11.3. The molecule has 0 fully saturated rings. The van der Waals surface area contributed by atoms with Gasteiger partial charge < -0.3 is 51.2 Å². The van der Waals surface area contributed by atoms with Crippen LogP contribution in [0.25, 0.3) is 0 Å². The second-order valence-electron chi connectivity index (χ2n) is 23.3. The topological polar surface area (TPSA) is 104 Å². The van der Waals surface area contributed by atoms with Crippen LogP contribution < -0.4 is 22.1 Å². The number of carbonyl (C=O) groups is 1. The zero-order valence-corrected chi connectivity index (χ0v) is 51.7. The van der Waals surface area contributed by atoms with Gasteiger partial charge in [0, 0.05) is 25.6 Å². The number of quaternary nitrogens is 2. The Labute approximate surface area is 458 Å². The maximum atomic E-state index is 10.2. The number of carbonyl (C=O) groups excluding carboxylic acids is 1. The van der Waals surface area contributed by atoms with Gasteiger partial charge in [-0.05, 0) is 38.5 Å². The zero-order chi connectivity index (χ0) is 52.9. The quantitative estimate of drug-likeness (QED) is 0.0414. The van der Waals surface area contributed by atoms with Crippen molar-refractivity contribution in [3.05, 3.63) is 0 Å². The van der Waals surface area contributed by atoms with Crippen LogP contribution in [-0.4, -0.2) is 130 Å². The van der Waals surface area contributed by atoms with Gasteiger partial charge in [-0.1, -0.05) is 265 Å². The summed E-state index contributed by atoms with van der Waals surface area (Å²) in [5.41, 5.74) is 0. The number of carboxylic acid groups (broad SMARTS) is 1. The molecule has 0 aliphatic carbocycles. The Morgan fingerprint density at radius 3 is 0.648 bits per heavy atom. The van der Waals surface area contributed by atoms with Crippen LogP contribution in [0.2, 0.25) is 0 Å². The molecule has 0 aliphatic rings. The van der Waals surface area contributed by atoms with Crippen LogP contribution >= 0.6 is 0 Å². The third kappa shape index (κ3) is 89.6. The van der Waals surface area contributed by atoms with Crippen molar-refractivity contribution < 1.29 is 51.2 Å².